The van der Waals surface area contributed by atoms with Crippen LogP contribution in [0.25, 0.3) is 0 Å². The van der Waals surface area contributed by atoms with E-state index in [1.165, 1.54) is 6.20 Å². The number of aromatic nitrogens is 2. The van der Waals surface area contributed by atoms with E-state index in [0.717, 1.165) is 0 Å². The first-order valence-corrected chi connectivity index (χ1v) is 4.55. The molecule has 1 rings (SSSR count). The maximum absolute atomic E-state index is 11.4. The van der Waals surface area contributed by atoms with Crippen LogP contribution in [-0.4, -0.2) is 33.4 Å². The Labute approximate surface area is 82.5 Å². The molecule has 0 fully saturated rings. The molecule has 0 saturated carbocycles. The third-order valence-corrected chi connectivity index (χ3v) is 2.14. The van der Waals surface area contributed by atoms with Crippen molar-refractivity contribution >= 4 is 5.91 Å². The summed E-state index contributed by atoms with van der Waals surface area (Å²) in [6.07, 6.45) is 2.10. The number of carbonyl (C=O) groups is 1. The molecule has 0 aliphatic heterocycles. The van der Waals surface area contributed by atoms with Crippen molar-refractivity contribution in [2.24, 2.45) is 0 Å². The number of hydrogen-bond donors (Lipinski definition) is 3. The van der Waals surface area contributed by atoms with Crippen LogP contribution >= 0.6 is 0 Å². The minimum absolute atomic E-state index is 0.237. The molecule has 0 bridgehead atoms. The second-order valence-electron chi connectivity index (χ2n) is 3.50. The molecule has 78 valence electrons. The van der Waals surface area contributed by atoms with Gasteiger partial charge < -0.3 is 10.4 Å². The maximum atomic E-state index is 11.4. The van der Waals surface area contributed by atoms with E-state index < -0.39 is 5.60 Å². The fraction of sp³-hybridized carbons (Fsp3) is 0.556. The first-order valence-electron chi connectivity index (χ1n) is 4.55. The van der Waals surface area contributed by atoms with Crippen LogP contribution < -0.4 is 5.32 Å². The Balaban J connectivity index is 2.43. The molecule has 5 nitrogen and oxygen atoms in total. The normalized spacial score (nSPS) is 14.8. The fourth-order valence-corrected chi connectivity index (χ4v) is 0.873. The van der Waals surface area contributed by atoms with Gasteiger partial charge in [-0.05, 0) is 19.4 Å². The molecule has 0 aliphatic carbocycles. The molecule has 0 spiro atoms. The minimum Gasteiger partial charge on any atom is -0.388 e. The molecular formula is C9H15N3O2. The number of nitrogens with zero attached hydrogens (tertiary/aromatic N) is 1. The van der Waals surface area contributed by atoms with Crippen LogP contribution in [0.15, 0.2) is 12.3 Å². The van der Waals surface area contributed by atoms with E-state index in [1.807, 2.05) is 6.92 Å². The van der Waals surface area contributed by atoms with Gasteiger partial charge in [0.15, 0.2) is 0 Å². The topological polar surface area (TPSA) is 78.0 Å². The number of H-pyrrole nitrogens is 1. The Morgan fingerprint density at radius 2 is 2.50 bits per heavy atom. The highest BCUT2D eigenvalue weighted by Crippen LogP contribution is 2.06. The van der Waals surface area contributed by atoms with Crippen molar-refractivity contribution in [2.75, 3.05) is 6.54 Å². The van der Waals surface area contributed by atoms with Gasteiger partial charge in [0.1, 0.15) is 5.69 Å². The van der Waals surface area contributed by atoms with Crippen molar-refractivity contribution < 1.29 is 9.90 Å². The van der Waals surface area contributed by atoms with Gasteiger partial charge in [-0.15, -0.1) is 0 Å². The lowest BCUT2D eigenvalue weighted by molar-refractivity contribution is 0.0517. The van der Waals surface area contributed by atoms with Crippen molar-refractivity contribution in [2.45, 2.75) is 25.9 Å². The molecular weight excluding hydrogens is 182 g/mol. The number of rotatable bonds is 4. The van der Waals surface area contributed by atoms with Crippen LogP contribution in [0.1, 0.15) is 30.8 Å². The molecule has 1 amide bonds. The minimum atomic E-state index is -0.852. The van der Waals surface area contributed by atoms with Gasteiger partial charge in [0, 0.05) is 12.7 Å². The largest absolute Gasteiger partial charge is 0.388 e. The van der Waals surface area contributed by atoms with E-state index in [1.54, 1.807) is 13.0 Å². The van der Waals surface area contributed by atoms with Crippen LogP contribution in [0.5, 0.6) is 0 Å². The second-order valence-corrected chi connectivity index (χ2v) is 3.50. The summed E-state index contributed by atoms with van der Waals surface area (Å²) in [7, 11) is 0. The van der Waals surface area contributed by atoms with Gasteiger partial charge in [0.25, 0.3) is 5.91 Å². The lowest BCUT2D eigenvalue weighted by Gasteiger charge is -2.21. The summed E-state index contributed by atoms with van der Waals surface area (Å²) in [6.45, 7) is 3.78. The molecule has 0 saturated heterocycles. The highest BCUT2D eigenvalue weighted by atomic mass is 16.3. The van der Waals surface area contributed by atoms with Crippen molar-refractivity contribution in [1.82, 2.24) is 15.5 Å². The third kappa shape index (κ3) is 2.85. The average molecular weight is 197 g/mol. The molecule has 0 radical (unpaired) electrons. The van der Waals surface area contributed by atoms with Gasteiger partial charge in [0.2, 0.25) is 0 Å². The molecule has 3 N–H and O–H groups in total. The Hall–Kier alpha value is -1.36. The molecule has 14 heavy (non-hydrogen) atoms. The summed E-state index contributed by atoms with van der Waals surface area (Å²) in [5, 5.41) is 18.5. The number of carbonyl (C=O) groups excluding carboxylic acids is 1. The summed E-state index contributed by atoms with van der Waals surface area (Å²) in [4.78, 5) is 11.4. The molecule has 1 aromatic heterocycles. The Morgan fingerprint density at radius 1 is 1.79 bits per heavy atom. The standard InChI is InChI=1S/C9H15N3O2/c1-3-9(2,14)6-10-8(13)7-4-5-11-12-7/h4-5,14H,3,6H2,1-2H3,(H,10,13)(H,11,12). The zero-order chi connectivity index (χ0) is 10.6. The summed E-state index contributed by atoms with van der Waals surface area (Å²) in [5.41, 5.74) is -0.452. The lowest BCUT2D eigenvalue weighted by Crippen LogP contribution is -2.40. The van der Waals surface area contributed by atoms with Crippen LogP contribution in [0.4, 0.5) is 0 Å². The van der Waals surface area contributed by atoms with Crippen molar-refractivity contribution in [3.63, 3.8) is 0 Å². The summed E-state index contributed by atoms with van der Waals surface area (Å²) in [6, 6.07) is 1.58. The highest BCUT2D eigenvalue weighted by molar-refractivity contribution is 5.92. The molecule has 0 aromatic carbocycles. The smallest absolute Gasteiger partial charge is 0.269 e. The molecule has 5 heteroatoms. The van der Waals surface area contributed by atoms with Crippen molar-refractivity contribution in [3.8, 4) is 0 Å². The maximum Gasteiger partial charge on any atom is 0.269 e. The monoisotopic (exact) mass is 197 g/mol. The Morgan fingerprint density at radius 3 is 3.00 bits per heavy atom. The number of nitrogens with one attached hydrogen (secondary N) is 2. The van der Waals surface area contributed by atoms with Crippen molar-refractivity contribution in [1.29, 1.82) is 0 Å². The summed E-state index contributed by atoms with van der Waals surface area (Å²) in [5.74, 6) is -0.253. The fourth-order valence-electron chi connectivity index (χ4n) is 0.873. The number of aromatic amines is 1. The zero-order valence-electron chi connectivity index (χ0n) is 8.37. The molecule has 1 aromatic rings. The average Bonchev–Trinajstić information content (AvgIpc) is 2.67. The SMILES string of the molecule is CCC(C)(O)CNC(=O)c1ccn[nH]1. The Kier molecular flexibility index (Phi) is 3.24. The predicted octanol–water partition coefficient (Wildman–Crippen LogP) is 0.300. The molecule has 1 heterocycles. The quantitative estimate of drug-likeness (QED) is 0.649. The first kappa shape index (κ1) is 10.7. The summed E-state index contributed by atoms with van der Waals surface area (Å²) < 4.78 is 0. The van der Waals surface area contributed by atoms with Crippen LogP contribution in [0.2, 0.25) is 0 Å². The van der Waals surface area contributed by atoms with Gasteiger partial charge in [0.05, 0.1) is 5.60 Å². The van der Waals surface area contributed by atoms with E-state index in [0.29, 0.717) is 12.1 Å². The zero-order valence-corrected chi connectivity index (χ0v) is 8.37. The van der Waals surface area contributed by atoms with Gasteiger partial charge in [-0.2, -0.15) is 5.10 Å². The first-order chi connectivity index (χ1) is 6.55. The van der Waals surface area contributed by atoms with Crippen molar-refractivity contribution in [3.05, 3.63) is 18.0 Å². The third-order valence-electron chi connectivity index (χ3n) is 2.14. The Bertz CT molecular complexity index is 293. The van der Waals surface area contributed by atoms with Gasteiger partial charge in [-0.25, -0.2) is 0 Å². The van der Waals surface area contributed by atoms with Crippen LogP contribution in [0.3, 0.4) is 0 Å². The van der Waals surface area contributed by atoms with Gasteiger partial charge >= 0.3 is 0 Å². The van der Waals surface area contributed by atoms with E-state index >= 15 is 0 Å². The molecule has 1 unspecified atom stereocenters. The van der Waals surface area contributed by atoms with E-state index in [-0.39, 0.29) is 12.5 Å². The highest BCUT2D eigenvalue weighted by Gasteiger charge is 2.18. The second kappa shape index (κ2) is 4.23. The van der Waals surface area contributed by atoms with Crippen LogP contribution in [-0.2, 0) is 0 Å². The predicted molar refractivity (Wildman–Crippen MR) is 51.8 cm³/mol. The van der Waals surface area contributed by atoms with E-state index in [9.17, 15) is 9.90 Å². The van der Waals surface area contributed by atoms with Gasteiger partial charge in [-0.1, -0.05) is 6.92 Å². The molecule has 1 atom stereocenters. The summed E-state index contributed by atoms with van der Waals surface area (Å²) >= 11 is 0. The molecule has 0 aliphatic rings. The van der Waals surface area contributed by atoms with Gasteiger partial charge in [-0.3, -0.25) is 9.89 Å². The number of hydrogen-bond acceptors (Lipinski definition) is 3. The van der Waals surface area contributed by atoms with E-state index in [4.69, 9.17) is 0 Å². The number of aliphatic hydroxyl groups is 1. The van der Waals surface area contributed by atoms with E-state index in [2.05, 4.69) is 15.5 Å². The van der Waals surface area contributed by atoms with Crippen LogP contribution in [0, 0.1) is 0 Å². The number of amides is 1. The lowest BCUT2D eigenvalue weighted by atomic mass is 10.0.